The topological polar surface area (TPSA) is 112 Å². The monoisotopic (exact) mass is 835 g/mol. The van der Waals surface area contributed by atoms with Gasteiger partial charge in [-0.15, -0.1) is 0 Å². The fourth-order valence-corrected chi connectivity index (χ4v) is 6.33. The molecule has 0 heterocycles. The third kappa shape index (κ3) is 43.1. The Hall–Kier alpha value is -2.52. The van der Waals surface area contributed by atoms with Gasteiger partial charge in [-0.05, 0) is 57.4 Å². The van der Waals surface area contributed by atoms with Crippen LogP contribution in [0.25, 0.3) is 0 Å². The molecule has 10 heteroatoms. The molecule has 0 radical (unpaired) electrons. The van der Waals surface area contributed by atoms with Crippen LogP contribution in [0, 0.1) is 0 Å². The third-order valence-corrected chi connectivity index (χ3v) is 10.1. The highest BCUT2D eigenvalue weighted by molar-refractivity contribution is 7.47. The summed E-state index contributed by atoms with van der Waals surface area (Å²) in [5, 5.41) is 10.0. The summed E-state index contributed by atoms with van der Waals surface area (Å²) in [6, 6.07) is 0. The fourth-order valence-electron chi connectivity index (χ4n) is 5.59. The molecule has 0 bridgehead atoms. The zero-order valence-corrected chi connectivity index (χ0v) is 38.3. The number of hydrogen-bond donors (Lipinski definition) is 2. The summed E-state index contributed by atoms with van der Waals surface area (Å²) in [6.07, 6.45) is 50.5. The van der Waals surface area contributed by atoms with Crippen molar-refractivity contribution in [1.29, 1.82) is 0 Å². The van der Waals surface area contributed by atoms with E-state index in [1.807, 2.05) is 63.7 Å². The average molecular weight is 835 g/mol. The van der Waals surface area contributed by atoms with Crippen molar-refractivity contribution in [3.8, 4) is 0 Å². The van der Waals surface area contributed by atoms with Crippen molar-refractivity contribution in [3.05, 3.63) is 85.3 Å². The number of likely N-dealkylation sites (N-methyl/N-ethyl adjacent to an activating group) is 1. The molecule has 0 rings (SSSR count). The minimum Gasteiger partial charge on any atom is -0.492 e. The van der Waals surface area contributed by atoms with Crippen molar-refractivity contribution < 1.29 is 42.4 Å². The van der Waals surface area contributed by atoms with E-state index in [1.54, 1.807) is 12.3 Å². The van der Waals surface area contributed by atoms with Gasteiger partial charge in [0.15, 0.2) is 6.10 Å². The van der Waals surface area contributed by atoms with Gasteiger partial charge in [-0.3, -0.25) is 13.8 Å². The Labute approximate surface area is 355 Å². The summed E-state index contributed by atoms with van der Waals surface area (Å²) < 4.78 is 34.7. The summed E-state index contributed by atoms with van der Waals surface area (Å²) in [5.74, 6) is -0.380. The number of aliphatic hydroxyl groups excluding tert-OH is 1. The van der Waals surface area contributed by atoms with Crippen LogP contribution in [0.1, 0.15) is 155 Å². The molecule has 2 unspecified atom stereocenters. The second-order valence-corrected chi connectivity index (χ2v) is 17.4. The first kappa shape index (κ1) is 55.5. The zero-order valence-electron chi connectivity index (χ0n) is 37.4. The Morgan fingerprint density at radius 3 is 1.84 bits per heavy atom. The van der Waals surface area contributed by atoms with Gasteiger partial charge in [-0.25, -0.2) is 4.57 Å². The lowest BCUT2D eigenvalue weighted by atomic mass is 10.0. The number of rotatable bonds is 40. The molecule has 0 aliphatic rings. The number of carbonyl (C=O) groups excluding carboxylic acids is 1. The second-order valence-electron chi connectivity index (χ2n) is 16.0. The number of hydrogen-bond acceptors (Lipinski definition) is 7. The molecule has 0 spiro atoms. The normalized spacial score (nSPS) is 15.0. The number of allylic oxidation sites excluding steroid dienone is 11. The summed E-state index contributed by atoms with van der Waals surface area (Å²) in [4.78, 5) is 22.7. The van der Waals surface area contributed by atoms with Crippen LogP contribution in [-0.4, -0.2) is 80.2 Å². The molecule has 0 aromatic carbocycles. The number of phosphoric ester groups is 1. The van der Waals surface area contributed by atoms with E-state index in [4.69, 9.17) is 18.5 Å². The zero-order chi connectivity index (χ0) is 42.8. The van der Waals surface area contributed by atoms with Gasteiger partial charge >= 0.3 is 13.8 Å². The van der Waals surface area contributed by atoms with Crippen LogP contribution in [0.4, 0.5) is 0 Å². The minimum absolute atomic E-state index is 0.0665. The highest BCUT2D eigenvalue weighted by atomic mass is 31.2. The predicted octanol–water partition coefficient (Wildman–Crippen LogP) is 12.6. The largest absolute Gasteiger partial charge is 0.492 e. The van der Waals surface area contributed by atoms with Crippen LogP contribution in [-0.2, 0) is 27.9 Å². The van der Waals surface area contributed by atoms with E-state index in [0.29, 0.717) is 23.9 Å². The number of esters is 1. The van der Waals surface area contributed by atoms with Crippen molar-refractivity contribution in [2.75, 3.05) is 47.5 Å². The number of quaternary nitrogens is 1. The summed E-state index contributed by atoms with van der Waals surface area (Å²) >= 11 is 0. The van der Waals surface area contributed by atoms with E-state index >= 15 is 0 Å². The van der Waals surface area contributed by atoms with Crippen LogP contribution in [0.3, 0.4) is 0 Å². The van der Waals surface area contributed by atoms with Gasteiger partial charge in [0.2, 0.25) is 0 Å². The Morgan fingerprint density at radius 1 is 0.655 bits per heavy atom. The fraction of sp³-hybridized carbons (Fsp3) is 0.688. The number of unbranched alkanes of at least 4 members (excludes halogenated alkanes) is 14. The first-order valence-corrected chi connectivity index (χ1v) is 24.0. The van der Waals surface area contributed by atoms with Crippen LogP contribution >= 0.6 is 7.82 Å². The lowest BCUT2D eigenvalue weighted by molar-refractivity contribution is -0.870. The lowest BCUT2D eigenvalue weighted by Gasteiger charge is -2.24. The van der Waals surface area contributed by atoms with Crippen LogP contribution in [0.2, 0.25) is 0 Å². The highest BCUT2D eigenvalue weighted by Crippen LogP contribution is 2.43. The van der Waals surface area contributed by atoms with Gasteiger partial charge in [0.1, 0.15) is 19.8 Å². The van der Waals surface area contributed by atoms with E-state index < -0.39 is 20.0 Å². The molecule has 0 aromatic heterocycles. The molecule has 0 aliphatic carbocycles. The number of phosphoric acid groups is 1. The standard InChI is InChI=1S/C48H84NO8P/c1-6-8-10-12-14-15-16-17-18-19-20-23-26-29-33-37-42-54-47(45-57-58(52,53)56-43-41-49(3,4)5)44-55-48(51)40-36-32-28-25-22-21-24-27-31-35-39-46(50)38-34-30-13-11-9-7-2/h9,11,21-22,27-28,30-32,34-35,37,39,42,46-47,50H,6-8,10,12-20,23-26,29,33,36,38,40-41,43-45H2,1-5H3/p+1/b11-9-,22-21-,31-27-,32-28-,34-30-,39-35+,42-37+/t46?,47-/m1/s1. The molecule has 0 saturated carbocycles. The lowest BCUT2D eigenvalue weighted by Crippen LogP contribution is -2.37. The van der Waals surface area contributed by atoms with Gasteiger partial charge in [0.25, 0.3) is 0 Å². The highest BCUT2D eigenvalue weighted by Gasteiger charge is 2.25. The van der Waals surface area contributed by atoms with Crippen molar-refractivity contribution in [3.63, 3.8) is 0 Å². The quantitative estimate of drug-likeness (QED) is 0.0119. The van der Waals surface area contributed by atoms with Crippen molar-refractivity contribution in [2.24, 2.45) is 0 Å². The summed E-state index contributed by atoms with van der Waals surface area (Å²) in [6.45, 7) is 4.61. The van der Waals surface area contributed by atoms with Crippen molar-refractivity contribution >= 4 is 13.8 Å². The smallest absolute Gasteiger partial charge is 0.472 e. The van der Waals surface area contributed by atoms with Crippen LogP contribution < -0.4 is 0 Å². The third-order valence-electron chi connectivity index (χ3n) is 9.15. The van der Waals surface area contributed by atoms with E-state index in [1.165, 1.54) is 83.5 Å². The summed E-state index contributed by atoms with van der Waals surface area (Å²) in [7, 11) is 1.60. The second kappa shape index (κ2) is 39.9. The van der Waals surface area contributed by atoms with Crippen molar-refractivity contribution in [1.82, 2.24) is 0 Å². The maximum absolute atomic E-state index is 12.5. The van der Waals surface area contributed by atoms with Gasteiger partial charge in [-0.1, -0.05) is 170 Å². The molecule has 0 aromatic rings. The first-order chi connectivity index (χ1) is 28.0. The van der Waals surface area contributed by atoms with Gasteiger partial charge in [-0.2, -0.15) is 0 Å². The van der Waals surface area contributed by atoms with Gasteiger partial charge in [0, 0.05) is 6.42 Å². The minimum atomic E-state index is -4.30. The summed E-state index contributed by atoms with van der Waals surface area (Å²) in [5.41, 5.74) is 0. The molecule has 0 amide bonds. The molecule has 9 nitrogen and oxygen atoms in total. The van der Waals surface area contributed by atoms with Crippen LogP contribution in [0.15, 0.2) is 85.3 Å². The maximum atomic E-state index is 12.5. The SMILES string of the molecule is CC/C=C\C/C=C\CC(O)/C=C/C=C\C/C=C\C/C=C\CCC(=O)OC[C@H](COP(=O)(O)OCC[N+](C)(C)C)O/C=C/CCCCCCCCCCCCCCCC. The number of aliphatic hydroxyl groups is 1. The average Bonchev–Trinajstić information content (AvgIpc) is 3.17. The van der Waals surface area contributed by atoms with Crippen LogP contribution in [0.5, 0.6) is 0 Å². The molecule has 2 N–H and O–H groups in total. The Bertz CT molecular complexity index is 1220. The number of nitrogens with zero attached hydrogens (tertiary/aromatic N) is 1. The Morgan fingerprint density at radius 2 is 1.22 bits per heavy atom. The van der Waals surface area contributed by atoms with E-state index in [-0.39, 0.29) is 32.2 Å². The predicted molar refractivity (Wildman–Crippen MR) is 243 cm³/mol. The molecule has 0 fully saturated rings. The van der Waals surface area contributed by atoms with Gasteiger partial charge < -0.3 is 24.0 Å². The number of carbonyl (C=O) groups is 1. The Balaban J connectivity index is 4.46. The molecule has 0 aliphatic heterocycles. The molecule has 3 atom stereocenters. The van der Waals surface area contributed by atoms with E-state index in [0.717, 1.165) is 38.5 Å². The molecular weight excluding hydrogens is 750 g/mol. The molecule has 0 saturated heterocycles. The molecular formula is C48H85NO8P+. The van der Waals surface area contributed by atoms with Gasteiger partial charge in [0.05, 0.1) is 40.1 Å². The molecule has 58 heavy (non-hydrogen) atoms. The van der Waals surface area contributed by atoms with E-state index in [2.05, 4.69) is 44.2 Å². The maximum Gasteiger partial charge on any atom is 0.472 e. The first-order valence-electron chi connectivity index (χ1n) is 22.5. The number of ether oxygens (including phenoxy) is 2. The molecule has 334 valence electrons. The van der Waals surface area contributed by atoms with Crippen molar-refractivity contribution in [2.45, 2.75) is 167 Å². The van der Waals surface area contributed by atoms with E-state index in [9.17, 15) is 19.4 Å². The Kier molecular flexibility index (Phi) is 38.2.